The molecule has 12 heteroatoms. The van der Waals surface area contributed by atoms with Crippen LogP contribution in [0.25, 0.3) is 33.7 Å². The van der Waals surface area contributed by atoms with Crippen LogP contribution in [0.1, 0.15) is 24.0 Å². The van der Waals surface area contributed by atoms with E-state index in [2.05, 4.69) is 25.1 Å². The zero-order chi connectivity index (χ0) is 27.9. The summed E-state index contributed by atoms with van der Waals surface area (Å²) in [7, 11) is 1.78. The summed E-state index contributed by atoms with van der Waals surface area (Å²) in [6.07, 6.45) is 3.61. The van der Waals surface area contributed by atoms with Gasteiger partial charge in [-0.25, -0.2) is 9.37 Å². The highest BCUT2D eigenvalue weighted by Crippen LogP contribution is 2.28. The van der Waals surface area contributed by atoms with Crippen molar-refractivity contribution >= 4 is 11.0 Å². The Balaban J connectivity index is 1.14. The molecule has 0 amide bonds. The van der Waals surface area contributed by atoms with Gasteiger partial charge in [0.15, 0.2) is 11.8 Å². The van der Waals surface area contributed by atoms with Crippen LogP contribution >= 0.6 is 0 Å². The van der Waals surface area contributed by atoms with E-state index < -0.39 is 5.60 Å². The van der Waals surface area contributed by atoms with Gasteiger partial charge in [0.25, 0.3) is 11.4 Å². The number of piperidine rings is 1. The Kier molecular flexibility index (Phi) is 6.74. The number of likely N-dealkylation sites (tertiary alicyclic amines) is 1. The molecule has 4 heterocycles. The fourth-order valence-electron chi connectivity index (χ4n) is 5.28. The standard InChI is InChI=1S/C28H29FN8O3/c1-35-25(19-4-2-18(13-30)3-5-19)23-24(34-35)27(38)37(17-32-23)15-28(39)8-10-36(11-9-28)14-21-7-6-20(12-22(21)29)26-31-16-33-40-26/h2-7,12,16-17,39H,8-11,13-15,30H2,1H3. The van der Waals surface area contributed by atoms with Crippen molar-refractivity contribution in [1.82, 2.24) is 34.4 Å². The number of aliphatic hydroxyl groups is 1. The summed E-state index contributed by atoms with van der Waals surface area (Å²) in [6, 6.07) is 12.6. The predicted molar refractivity (Wildman–Crippen MR) is 145 cm³/mol. The minimum Gasteiger partial charge on any atom is -0.388 e. The fraction of sp³-hybridized carbons (Fsp3) is 0.321. The molecule has 2 aromatic carbocycles. The number of nitrogens with two attached hydrogens (primary N) is 1. The molecule has 0 spiro atoms. The Morgan fingerprint density at radius 2 is 1.82 bits per heavy atom. The van der Waals surface area contributed by atoms with Crippen LogP contribution in [0.15, 0.2) is 64.4 Å². The second-order valence-electron chi connectivity index (χ2n) is 10.3. The maximum atomic E-state index is 14.8. The maximum absolute atomic E-state index is 14.8. The number of rotatable bonds is 7. The zero-order valence-corrected chi connectivity index (χ0v) is 22.0. The van der Waals surface area contributed by atoms with Crippen molar-refractivity contribution in [3.8, 4) is 22.7 Å². The molecule has 0 atom stereocenters. The van der Waals surface area contributed by atoms with E-state index in [1.165, 1.54) is 23.3 Å². The van der Waals surface area contributed by atoms with Crippen LogP contribution in [0.2, 0.25) is 0 Å². The van der Waals surface area contributed by atoms with Crippen LogP contribution in [0.3, 0.4) is 0 Å². The second-order valence-corrected chi connectivity index (χ2v) is 10.3. The molecule has 0 radical (unpaired) electrons. The normalized spacial score (nSPS) is 15.6. The van der Waals surface area contributed by atoms with Gasteiger partial charge in [-0.2, -0.15) is 10.1 Å². The molecule has 1 aliphatic heterocycles. The van der Waals surface area contributed by atoms with Gasteiger partial charge in [0.2, 0.25) is 0 Å². The highest BCUT2D eigenvalue weighted by Gasteiger charge is 2.33. The van der Waals surface area contributed by atoms with Crippen molar-refractivity contribution in [2.45, 2.75) is 38.1 Å². The predicted octanol–water partition coefficient (Wildman–Crippen LogP) is 2.47. The summed E-state index contributed by atoms with van der Waals surface area (Å²) in [5.41, 5.74) is 8.79. The molecule has 206 valence electrons. The summed E-state index contributed by atoms with van der Waals surface area (Å²) < 4.78 is 22.8. The van der Waals surface area contributed by atoms with Crippen LogP contribution in [0.4, 0.5) is 4.39 Å². The van der Waals surface area contributed by atoms with E-state index in [1.54, 1.807) is 23.9 Å². The number of hydrogen-bond donors (Lipinski definition) is 2. The molecular formula is C28H29FN8O3. The van der Waals surface area contributed by atoms with E-state index in [4.69, 9.17) is 10.3 Å². The summed E-state index contributed by atoms with van der Waals surface area (Å²) in [6.45, 7) is 2.06. The largest absolute Gasteiger partial charge is 0.388 e. The van der Waals surface area contributed by atoms with Crippen molar-refractivity contribution in [3.63, 3.8) is 0 Å². The first-order valence-corrected chi connectivity index (χ1v) is 13.1. The quantitative estimate of drug-likeness (QED) is 0.316. The molecule has 6 rings (SSSR count). The molecule has 40 heavy (non-hydrogen) atoms. The third-order valence-corrected chi connectivity index (χ3v) is 7.58. The Morgan fingerprint density at radius 3 is 2.50 bits per heavy atom. The van der Waals surface area contributed by atoms with Gasteiger partial charge < -0.3 is 15.4 Å². The van der Waals surface area contributed by atoms with Crippen LogP contribution in [0.5, 0.6) is 0 Å². The van der Waals surface area contributed by atoms with E-state index in [-0.39, 0.29) is 29.3 Å². The maximum Gasteiger partial charge on any atom is 0.281 e. The van der Waals surface area contributed by atoms with Gasteiger partial charge in [0.05, 0.1) is 24.2 Å². The van der Waals surface area contributed by atoms with Gasteiger partial charge in [-0.3, -0.25) is 18.9 Å². The third kappa shape index (κ3) is 4.92. The average molecular weight is 545 g/mol. The topological polar surface area (TPSA) is 141 Å². The van der Waals surface area contributed by atoms with E-state index in [1.807, 2.05) is 24.3 Å². The molecular weight excluding hydrogens is 515 g/mol. The SMILES string of the molecule is Cn1nc2c(=O)n(CC3(O)CCN(Cc4ccc(-c5ncno5)cc4F)CC3)cnc2c1-c1ccc(CN)cc1. The van der Waals surface area contributed by atoms with Crippen LogP contribution in [-0.2, 0) is 26.7 Å². The van der Waals surface area contributed by atoms with Gasteiger partial charge >= 0.3 is 0 Å². The lowest BCUT2D eigenvalue weighted by Crippen LogP contribution is -2.47. The van der Waals surface area contributed by atoms with Crippen LogP contribution in [-0.4, -0.2) is 58.2 Å². The molecule has 11 nitrogen and oxygen atoms in total. The van der Waals surface area contributed by atoms with Gasteiger partial charge in [-0.15, -0.1) is 0 Å². The van der Waals surface area contributed by atoms with Crippen molar-refractivity contribution < 1.29 is 14.0 Å². The van der Waals surface area contributed by atoms with Crippen molar-refractivity contribution in [1.29, 1.82) is 0 Å². The number of aryl methyl sites for hydroxylation is 1. The van der Waals surface area contributed by atoms with E-state index in [0.29, 0.717) is 55.7 Å². The molecule has 5 aromatic rings. The molecule has 1 fully saturated rings. The number of aromatic nitrogens is 6. The number of hydrogen-bond acceptors (Lipinski definition) is 9. The molecule has 0 unspecified atom stereocenters. The number of nitrogens with zero attached hydrogens (tertiary/aromatic N) is 7. The monoisotopic (exact) mass is 544 g/mol. The van der Waals surface area contributed by atoms with Gasteiger partial charge in [-0.1, -0.05) is 35.5 Å². The first-order chi connectivity index (χ1) is 19.3. The smallest absolute Gasteiger partial charge is 0.281 e. The lowest BCUT2D eigenvalue weighted by Gasteiger charge is -2.38. The highest BCUT2D eigenvalue weighted by molar-refractivity contribution is 5.89. The van der Waals surface area contributed by atoms with Gasteiger partial charge in [0.1, 0.15) is 11.3 Å². The lowest BCUT2D eigenvalue weighted by atomic mass is 9.91. The van der Waals surface area contributed by atoms with Crippen molar-refractivity contribution in [3.05, 3.63) is 82.4 Å². The van der Waals surface area contributed by atoms with Gasteiger partial charge in [-0.05, 0) is 30.5 Å². The summed E-state index contributed by atoms with van der Waals surface area (Å²) >= 11 is 0. The zero-order valence-electron chi connectivity index (χ0n) is 22.0. The molecule has 3 aromatic heterocycles. The first-order valence-electron chi connectivity index (χ1n) is 13.1. The highest BCUT2D eigenvalue weighted by atomic mass is 19.1. The second kappa shape index (κ2) is 10.4. The van der Waals surface area contributed by atoms with Crippen LogP contribution in [0, 0.1) is 5.82 Å². The molecule has 3 N–H and O–H groups in total. The number of fused-ring (bicyclic) bond motifs is 1. The molecule has 0 saturated carbocycles. The third-order valence-electron chi connectivity index (χ3n) is 7.58. The summed E-state index contributed by atoms with van der Waals surface area (Å²) in [5.74, 6) is -0.0907. The van der Waals surface area contributed by atoms with E-state index >= 15 is 0 Å². The van der Waals surface area contributed by atoms with Crippen molar-refractivity contribution in [2.24, 2.45) is 12.8 Å². The van der Waals surface area contributed by atoms with E-state index in [0.717, 1.165) is 16.8 Å². The lowest BCUT2D eigenvalue weighted by molar-refractivity contribution is -0.0366. The minimum atomic E-state index is -1.09. The Morgan fingerprint density at radius 1 is 1.07 bits per heavy atom. The van der Waals surface area contributed by atoms with E-state index in [9.17, 15) is 14.3 Å². The van der Waals surface area contributed by atoms with Crippen LogP contribution < -0.4 is 11.3 Å². The minimum absolute atomic E-state index is 0.104. The van der Waals surface area contributed by atoms with Crippen molar-refractivity contribution in [2.75, 3.05) is 13.1 Å². The van der Waals surface area contributed by atoms with Gasteiger partial charge in [0, 0.05) is 49.9 Å². The average Bonchev–Trinajstić information content (AvgIpc) is 3.61. The molecule has 1 aliphatic rings. The Bertz CT molecular complexity index is 1700. The first kappa shape index (κ1) is 26.0. The summed E-state index contributed by atoms with van der Waals surface area (Å²) in [5, 5.41) is 19.4. The fourth-order valence-corrected chi connectivity index (χ4v) is 5.28. The summed E-state index contributed by atoms with van der Waals surface area (Å²) in [4.78, 5) is 23.9. The number of halogens is 1. The Hall–Kier alpha value is -4.26. The number of benzene rings is 2. The molecule has 0 aliphatic carbocycles. The Labute approximate surface area is 228 Å². The molecule has 1 saturated heterocycles. The molecule has 0 bridgehead atoms.